The third kappa shape index (κ3) is 5.66. The number of fused-ring (bicyclic) bond motifs is 1. The molecule has 1 fully saturated rings. The number of benzene rings is 3. The van der Waals surface area contributed by atoms with Crippen LogP contribution in [0.1, 0.15) is 30.1 Å². The van der Waals surface area contributed by atoms with E-state index in [1.54, 1.807) is 12.1 Å². The molecule has 3 aromatic carbocycles. The minimum atomic E-state index is -0.276. The second-order valence-corrected chi connectivity index (χ2v) is 9.07. The van der Waals surface area contributed by atoms with E-state index >= 15 is 0 Å². The Morgan fingerprint density at radius 3 is 2.41 bits per heavy atom. The zero-order chi connectivity index (χ0) is 24.1. The van der Waals surface area contributed by atoms with Gasteiger partial charge >= 0.3 is 0 Å². The van der Waals surface area contributed by atoms with E-state index < -0.39 is 0 Å². The van der Waals surface area contributed by atoms with Crippen LogP contribution in [-0.2, 0) is 4.79 Å². The molecule has 1 aliphatic heterocycles. The number of piperazine rings is 1. The lowest BCUT2D eigenvalue weighted by molar-refractivity contribution is -0.131. The molecule has 0 atom stereocenters. The van der Waals surface area contributed by atoms with Gasteiger partial charge in [-0.25, -0.2) is 0 Å². The first-order valence-corrected chi connectivity index (χ1v) is 12.2. The van der Waals surface area contributed by atoms with Crippen molar-refractivity contribution in [1.82, 2.24) is 10.2 Å². The number of carbonyl (C=O) groups excluding carboxylic acids is 2. The molecular weight excluding hydrogens is 468 g/mol. The van der Waals surface area contributed by atoms with Gasteiger partial charge in [-0.1, -0.05) is 48.9 Å². The van der Waals surface area contributed by atoms with Crippen molar-refractivity contribution in [2.75, 3.05) is 36.4 Å². The van der Waals surface area contributed by atoms with Crippen LogP contribution in [0.15, 0.2) is 60.7 Å². The number of hydrogen-bond acceptors (Lipinski definition) is 4. The molecule has 0 saturated carbocycles. The lowest BCUT2D eigenvalue weighted by Gasteiger charge is -2.36. The molecular formula is C26H27ClN4O2S. The zero-order valence-electron chi connectivity index (χ0n) is 19.0. The lowest BCUT2D eigenvalue weighted by atomic mass is 10.1. The summed E-state index contributed by atoms with van der Waals surface area (Å²) in [6, 6.07) is 19.0. The van der Waals surface area contributed by atoms with Gasteiger partial charge in [0.25, 0.3) is 5.91 Å². The van der Waals surface area contributed by atoms with Crippen LogP contribution in [0.5, 0.6) is 0 Å². The Hall–Kier alpha value is -3.16. The van der Waals surface area contributed by atoms with E-state index in [0.717, 1.165) is 36.0 Å². The Balaban J connectivity index is 1.34. The van der Waals surface area contributed by atoms with Gasteiger partial charge in [-0.15, -0.1) is 0 Å². The van der Waals surface area contributed by atoms with Crippen molar-refractivity contribution in [3.63, 3.8) is 0 Å². The van der Waals surface area contributed by atoms with Crippen molar-refractivity contribution in [1.29, 1.82) is 0 Å². The number of amides is 2. The SMILES string of the molecule is CCCC(=O)N1CCN(c2ccc(NC(=S)NC(=O)c3ccc4ccccc4c3)cc2Cl)CC1. The van der Waals surface area contributed by atoms with E-state index in [1.807, 2.05) is 60.4 Å². The van der Waals surface area contributed by atoms with Gasteiger partial charge in [0.2, 0.25) is 5.91 Å². The number of nitrogens with zero attached hydrogens (tertiary/aromatic N) is 2. The van der Waals surface area contributed by atoms with Crippen molar-refractivity contribution in [3.8, 4) is 0 Å². The summed E-state index contributed by atoms with van der Waals surface area (Å²) in [5, 5.41) is 8.60. The smallest absolute Gasteiger partial charge is 0.257 e. The maximum Gasteiger partial charge on any atom is 0.257 e. The summed E-state index contributed by atoms with van der Waals surface area (Å²) in [4.78, 5) is 28.8. The van der Waals surface area contributed by atoms with Gasteiger partial charge < -0.3 is 15.1 Å². The number of thiocarbonyl (C=S) groups is 1. The minimum absolute atomic E-state index is 0.199. The van der Waals surface area contributed by atoms with Crippen LogP contribution in [0.3, 0.4) is 0 Å². The summed E-state index contributed by atoms with van der Waals surface area (Å²) in [5.74, 6) is -0.0616. The molecule has 0 spiro atoms. The third-order valence-electron chi connectivity index (χ3n) is 5.88. The van der Waals surface area contributed by atoms with Crippen molar-refractivity contribution >= 4 is 62.9 Å². The molecule has 4 rings (SSSR count). The first kappa shape index (κ1) is 24.0. The average molecular weight is 495 g/mol. The molecule has 176 valence electrons. The van der Waals surface area contributed by atoms with Gasteiger partial charge in [0, 0.05) is 43.9 Å². The molecule has 8 heteroatoms. The van der Waals surface area contributed by atoms with Gasteiger partial charge in [0.1, 0.15) is 0 Å². The van der Waals surface area contributed by atoms with Gasteiger partial charge in [0.15, 0.2) is 5.11 Å². The normalized spacial score (nSPS) is 13.6. The first-order chi connectivity index (χ1) is 16.4. The predicted octanol–water partition coefficient (Wildman–Crippen LogP) is 5.07. The molecule has 1 aliphatic rings. The highest BCUT2D eigenvalue weighted by atomic mass is 35.5. The molecule has 3 aromatic rings. The number of carbonyl (C=O) groups is 2. The second-order valence-electron chi connectivity index (χ2n) is 8.25. The standard InChI is InChI=1S/C26H27ClN4O2S/c1-2-5-24(32)31-14-12-30(13-15-31)23-11-10-21(17-22(23)27)28-26(34)29-25(33)20-9-8-18-6-3-4-7-19(18)16-20/h3-4,6-11,16-17H,2,5,12-15H2,1H3,(H2,28,29,33,34). The van der Waals surface area contributed by atoms with Gasteiger partial charge in [-0.2, -0.15) is 0 Å². The quantitative estimate of drug-likeness (QED) is 0.485. The molecule has 2 N–H and O–H groups in total. The Kier molecular flexibility index (Phi) is 7.65. The highest BCUT2D eigenvalue weighted by molar-refractivity contribution is 7.80. The Labute approximate surface area is 209 Å². The van der Waals surface area contributed by atoms with Crippen LogP contribution in [0.4, 0.5) is 11.4 Å². The van der Waals surface area contributed by atoms with Crippen molar-refractivity contribution in [2.24, 2.45) is 0 Å². The molecule has 0 radical (unpaired) electrons. The maximum absolute atomic E-state index is 12.6. The number of nitrogens with one attached hydrogen (secondary N) is 2. The van der Waals surface area contributed by atoms with E-state index in [9.17, 15) is 9.59 Å². The molecule has 0 aromatic heterocycles. The molecule has 1 heterocycles. The van der Waals surface area contributed by atoms with E-state index in [4.69, 9.17) is 23.8 Å². The zero-order valence-corrected chi connectivity index (χ0v) is 20.6. The van der Waals surface area contributed by atoms with Crippen LogP contribution < -0.4 is 15.5 Å². The lowest BCUT2D eigenvalue weighted by Crippen LogP contribution is -2.48. The summed E-state index contributed by atoms with van der Waals surface area (Å²) in [7, 11) is 0. The highest BCUT2D eigenvalue weighted by Crippen LogP contribution is 2.30. The number of anilines is 2. The van der Waals surface area contributed by atoms with Crippen LogP contribution in [-0.4, -0.2) is 48.0 Å². The number of rotatable bonds is 5. The van der Waals surface area contributed by atoms with Crippen LogP contribution in [0, 0.1) is 0 Å². The van der Waals surface area contributed by atoms with E-state index in [1.165, 1.54) is 0 Å². The van der Waals surface area contributed by atoms with E-state index in [0.29, 0.717) is 35.8 Å². The van der Waals surface area contributed by atoms with Crippen molar-refractivity contribution in [3.05, 3.63) is 71.2 Å². The fourth-order valence-corrected chi connectivity index (χ4v) is 4.59. The second kappa shape index (κ2) is 10.8. The summed E-state index contributed by atoms with van der Waals surface area (Å²) in [6.45, 7) is 4.88. The molecule has 2 amide bonds. The summed E-state index contributed by atoms with van der Waals surface area (Å²) in [5.41, 5.74) is 2.14. The van der Waals surface area contributed by atoms with Crippen molar-refractivity contribution < 1.29 is 9.59 Å². The molecule has 0 unspecified atom stereocenters. The third-order valence-corrected chi connectivity index (χ3v) is 6.39. The van der Waals surface area contributed by atoms with Crippen LogP contribution >= 0.6 is 23.8 Å². The summed E-state index contributed by atoms with van der Waals surface area (Å²) >= 11 is 11.9. The topological polar surface area (TPSA) is 64.7 Å². The fourth-order valence-electron chi connectivity index (χ4n) is 4.08. The van der Waals surface area contributed by atoms with Crippen LogP contribution in [0.25, 0.3) is 10.8 Å². The minimum Gasteiger partial charge on any atom is -0.367 e. The first-order valence-electron chi connectivity index (χ1n) is 11.4. The van der Waals surface area contributed by atoms with Crippen molar-refractivity contribution in [2.45, 2.75) is 19.8 Å². The Morgan fingerprint density at radius 2 is 1.71 bits per heavy atom. The van der Waals surface area contributed by atoms with E-state index in [-0.39, 0.29) is 16.9 Å². The monoisotopic (exact) mass is 494 g/mol. The molecule has 34 heavy (non-hydrogen) atoms. The predicted molar refractivity (Wildman–Crippen MR) is 143 cm³/mol. The number of hydrogen-bond donors (Lipinski definition) is 2. The van der Waals surface area contributed by atoms with Gasteiger partial charge in [0.05, 0.1) is 10.7 Å². The molecule has 6 nitrogen and oxygen atoms in total. The van der Waals surface area contributed by atoms with Crippen LogP contribution in [0.2, 0.25) is 5.02 Å². The largest absolute Gasteiger partial charge is 0.367 e. The highest BCUT2D eigenvalue weighted by Gasteiger charge is 2.22. The molecule has 1 saturated heterocycles. The fraction of sp³-hybridized carbons (Fsp3) is 0.269. The Bertz CT molecular complexity index is 1220. The Morgan fingerprint density at radius 1 is 0.971 bits per heavy atom. The average Bonchev–Trinajstić information content (AvgIpc) is 2.84. The summed E-state index contributed by atoms with van der Waals surface area (Å²) < 4.78 is 0. The number of halogens is 1. The van der Waals surface area contributed by atoms with E-state index in [2.05, 4.69) is 15.5 Å². The van der Waals surface area contributed by atoms with Gasteiger partial charge in [-0.05, 0) is 59.7 Å². The molecule has 0 aliphatic carbocycles. The van der Waals surface area contributed by atoms with Gasteiger partial charge in [-0.3, -0.25) is 14.9 Å². The summed E-state index contributed by atoms with van der Waals surface area (Å²) in [6.07, 6.45) is 1.46. The maximum atomic E-state index is 12.6. The molecule has 0 bridgehead atoms.